The van der Waals surface area contributed by atoms with Crippen molar-refractivity contribution < 1.29 is 47.0 Å². The number of phosphoric acid groups is 1. The predicted molar refractivity (Wildman–Crippen MR) is 117 cm³/mol. The van der Waals surface area contributed by atoms with Crippen LogP contribution in [0.1, 0.15) is 21.7 Å². The first-order chi connectivity index (χ1) is 14.6. The second-order valence-corrected chi connectivity index (χ2v) is 7.50. The number of furan rings is 1. The number of carbonyl (C=O) groups excluding carboxylic acids is 1. The third-order valence-electron chi connectivity index (χ3n) is 4.54. The number of methoxy groups -OCH3 is 4. The number of phosphoric ester groups is 1. The number of ether oxygens (including phenoxy) is 4. The molecule has 2 aromatic carbocycles. The normalized spacial score (nSPS) is 11.0. The molecule has 0 spiro atoms. The van der Waals surface area contributed by atoms with Gasteiger partial charge < -0.3 is 27.9 Å². The quantitative estimate of drug-likeness (QED) is 0.284. The van der Waals surface area contributed by atoms with Crippen molar-refractivity contribution in [1.82, 2.24) is 0 Å². The van der Waals surface area contributed by atoms with Gasteiger partial charge in [0, 0.05) is 10.9 Å². The molecule has 2 N–H and O–H groups in total. The topological polar surface area (TPSA) is 134 Å². The zero-order valence-corrected chi connectivity index (χ0v) is 18.3. The van der Waals surface area contributed by atoms with Crippen LogP contribution in [0.4, 0.5) is 0 Å². The molecule has 0 fully saturated rings. The van der Waals surface area contributed by atoms with Gasteiger partial charge in [0.25, 0.3) is 0 Å². The van der Waals surface area contributed by atoms with Crippen LogP contribution in [0.25, 0.3) is 11.0 Å². The van der Waals surface area contributed by atoms with Crippen molar-refractivity contribution in [2.45, 2.75) is 6.92 Å². The van der Waals surface area contributed by atoms with Crippen LogP contribution in [0.3, 0.4) is 0 Å². The minimum atomic E-state index is -4.92. The van der Waals surface area contributed by atoms with E-state index in [0.717, 1.165) is 0 Å². The fourth-order valence-electron chi connectivity index (χ4n) is 3.24. The maximum absolute atomic E-state index is 13.4. The Morgan fingerprint density at radius 3 is 1.94 bits per heavy atom. The van der Waals surface area contributed by atoms with Crippen LogP contribution in [-0.4, -0.2) is 73.6 Å². The molecule has 0 saturated heterocycles. The number of rotatable bonds is 8. The van der Waals surface area contributed by atoms with Crippen LogP contribution in [0, 0.1) is 6.92 Å². The number of hydrogen-bond donors (Lipinski definition) is 2. The van der Waals surface area contributed by atoms with Crippen molar-refractivity contribution in [1.29, 1.82) is 0 Å². The first-order valence-electron chi connectivity index (χ1n) is 8.85. The fraction of sp³-hybridized carbons (Fsp3) is 0.250. The first kappa shape index (κ1) is 26.1. The zero-order valence-electron chi connectivity index (χ0n) is 17.4. The third kappa shape index (κ3) is 4.91. The first-order valence-corrected chi connectivity index (χ1v) is 10.4. The average molecular weight is 476 g/mol. The van der Waals surface area contributed by atoms with Gasteiger partial charge in [-0.3, -0.25) is 14.6 Å². The molecule has 10 nitrogen and oxygen atoms in total. The van der Waals surface area contributed by atoms with Crippen LogP contribution >= 0.6 is 7.82 Å². The Labute approximate surface area is 205 Å². The van der Waals surface area contributed by atoms with E-state index in [1.54, 1.807) is 13.0 Å². The van der Waals surface area contributed by atoms with Crippen LogP contribution in [0.5, 0.6) is 28.7 Å². The molecular formula is C20H22NaO10P. The van der Waals surface area contributed by atoms with Gasteiger partial charge in [-0.25, -0.2) is 4.57 Å². The van der Waals surface area contributed by atoms with Gasteiger partial charge in [-0.15, -0.1) is 0 Å². The summed E-state index contributed by atoms with van der Waals surface area (Å²) in [6.45, 7) is 1.55. The van der Waals surface area contributed by atoms with E-state index in [2.05, 4.69) is 0 Å². The van der Waals surface area contributed by atoms with E-state index in [1.807, 2.05) is 0 Å². The molecule has 0 saturated carbocycles. The molecule has 12 heteroatoms. The van der Waals surface area contributed by atoms with E-state index in [-0.39, 0.29) is 63.5 Å². The summed E-state index contributed by atoms with van der Waals surface area (Å²) in [5.41, 5.74) is 0.382. The zero-order chi connectivity index (χ0) is 22.9. The van der Waals surface area contributed by atoms with Crippen molar-refractivity contribution in [2.75, 3.05) is 28.4 Å². The Hall–Kier alpha value is -2.20. The second-order valence-electron chi connectivity index (χ2n) is 6.33. The summed E-state index contributed by atoms with van der Waals surface area (Å²) in [6.07, 6.45) is 0. The predicted octanol–water partition coefficient (Wildman–Crippen LogP) is 2.83. The summed E-state index contributed by atoms with van der Waals surface area (Å²) in [6, 6.07) is 5.97. The van der Waals surface area contributed by atoms with Crippen LogP contribution < -0.4 is 23.5 Å². The molecule has 3 rings (SSSR count). The molecule has 0 atom stereocenters. The third-order valence-corrected chi connectivity index (χ3v) is 4.96. The Bertz CT molecular complexity index is 1170. The second kappa shape index (κ2) is 10.2. The molecule has 0 aliphatic rings. The Morgan fingerprint density at radius 1 is 0.906 bits per heavy atom. The molecule has 0 radical (unpaired) electrons. The fourth-order valence-corrected chi connectivity index (χ4v) is 3.65. The summed E-state index contributed by atoms with van der Waals surface area (Å²) in [7, 11) is 0.704. The van der Waals surface area contributed by atoms with Gasteiger partial charge in [0.1, 0.15) is 5.76 Å². The van der Waals surface area contributed by atoms with Gasteiger partial charge in [-0.2, -0.15) is 0 Å². The van der Waals surface area contributed by atoms with Crippen molar-refractivity contribution in [3.63, 3.8) is 0 Å². The molecule has 1 aromatic heterocycles. The standard InChI is InChI=1S/C20H21O10P.Na.H/c1-10-16(17(21)11-8-14(26-3)19(28-5)15(9-11)27-4)12-6-7-13(25-2)20(18(12)29-10)30-31(22,23)24;;/h6-9H,1-5H3,(H2,22,23,24);;. The number of fused-ring (bicyclic) bond motifs is 1. The summed E-state index contributed by atoms with van der Waals surface area (Å²) < 4.78 is 42.9. The minimum absolute atomic E-state index is 0. The Balaban J connectivity index is 0.00000363. The molecule has 0 aliphatic carbocycles. The van der Waals surface area contributed by atoms with Crippen LogP contribution in [-0.2, 0) is 4.57 Å². The van der Waals surface area contributed by atoms with E-state index >= 15 is 0 Å². The van der Waals surface area contributed by atoms with E-state index < -0.39 is 13.6 Å². The maximum atomic E-state index is 13.4. The summed E-state index contributed by atoms with van der Waals surface area (Å²) in [5, 5.41) is 0.292. The molecule has 0 bridgehead atoms. The Kier molecular flexibility index (Phi) is 8.27. The molecule has 1 heterocycles. The average Bonchev–Trinajstić information content (AvgIpc) is 3.07. The molecule has 0 amide bonds. The summed E-state index contributed by atoms with van der Waals surface area (Å²) in [5.74, 6) is 0.445. The van der Waals surface area contributed by atoms with E-state index in [0.29, 0.717) is 22.6 Å². The van der Waals surface area contributed by atoms with Crippen LogP contribution in [0.15, 0.2) is 28.7 Å². The molecule has 3 aromatic rings. The number of benzene rings is 2. The van der Waals surface area contributed by atoms with E-state index in [4.69, 9.17) is 27.9 Å². The number of carbonyl (C=O) groups is 1. The molecular weight excluding hydrogens is 454 g/mol. The number of hydrogen-bond acceptors (Lipinski definition) is 8. The molecule has 32 heavy (non-hydrogen) atoms. The van der Waals surface area contributed by atoms with Crippen molar-refractivity contribution in [3.05, 3.63) is 41.2 Å². The van der Waals surface area contributed by atoms with Crippen LogP contribution in [0.2, 0.25) is 0 Å². The molecule has 168 valence electrons. The van der Waals surface area contributed by atoms with Gasteiger partial charge in [-0.1, -0.05) is 0 Å². The number of aryl methyl sites for hydroxylation is 1. The summed E-state index contributed by atoms with van der Waals surface area (Å²) in [4.78, 5) is 31.9. The molecule has 0 unspecified atom stereocenters. The van der Waals surface area contributed by atoms with Gasteiger partial charge in [0.15, 0.2) is 28.6 Å². The van der Waals surface area contributed by atoms with Gasteiger partial charge >= 0.3 is 37.4 Å². The Morgan fingerprint density at radius 2 is 1.47 bits per heavy atom. The monoisotopic (exact) mass is 476 g/mol. The van der Waals surface area contributed by atoms with Crippen molar-refractivity contribution >= 4 is 54.1 Å². The van der Waals surface area contributed by atoms with Crippen molar-refractivity contribution in [3.8, 4) is 28.7 Å². The van der Waals surface area contributed by atoms with E-state index in [1.165, 1.54) is 46.6 Å². The molecule has 0 aliphatic heterocycles. The van der Waals surface area contributed by atoms with E-state index in [9.17, 15) is 19.1 Å². The van der Waals surface area contributed by atoms with Crippen molar-refractivity contribution in [2.24, 2.45) is 0 Å². The van der Waals surface area contributed by atoms with Gasteiger partial charge in [0.05, 0.1) is 34.0 Å². The number of ketones is 1. The van der Waals surface area contributed by atoms with Gasteiger partial charge in [0.2, 0.25) is 11.5 Å². The summed E-state index contributed by atoms with van der Waals surface area (Å²) >= 11 is 0. The van der Waals surface area contributed by atoms with Gasteiger partial charge in [-0.05, 0) is 31.2 Å². The SMILES string of the molecule is COc1cc(C(=O)c2c(C)oc3c(OP(=O)(O)O)c(OC)ccc23)cc(OC)c1OC.[NaH].